The molecule has 1 nitrogen and oxygen atoms in total. The maximum atomic E-state index is 9.75. The fourth-order valence-electron chi connectivity index (χ4n) is 6.10. The zero-order chi connectivity index (χ0) is 27.0. The first-order valence-corrected chi connectivity index (χ1v) is 13.2. The number of pyridine rings is 1. The minimum absolute atomic E-state index is 1.07. The Balaban J connectivity index is 0.000000510. The van der Waals surface area contributed by atoms with Crippen molar-refractivity contribution in [1.29, 1.82) is 0 Å². The van der Waals surface area contributed by atoms with Gasteiger partial charge in [-0.1, -0.05) is 84.9 Å². The van der Waals surface area contributed by atoms with Crippen LogP contribution >= 0.6 is 0 Å². The average molecular weight is 523 g/mol. The van der Waals surface area contributed by atoms with Crippen LogP contribution in [-0.2, 0) is 25.7 Å². The van der Waals surface area contributed by atoms with Crippen LogP contribution in [0.1, 0.15) is 22.3 Å². The molecule has 0 saturated carbocycles. The Morgan fingerprint density at radius 2 is 0.897 bits per heavy atom. The van der Waals surface area contributed by atoms with Gasteiger partial charge in [-0.05, 0) is 54.5 Å². The molecular weight excluding hydrogens is 497 g/mol. The highest BCUT2D eigenvalue weighted by molar-refractivity contribution is 6.50. The number of rotatable bonds is 2. The van der Waals surface area contributed by atoms with E-state index < -0.39 is 7.25 Å². The third-order valence-corrected chi connectivity index (χ3v) is 7.53. The first kappa shape index (κ1) is 25.1. The number of halogens is 4. The second kappa shape index (κ2) is 10.2. The third kappa shape index (κ3) is 4.87. The Kier molecular flexibility index (Phi) is 6.55. The van der Waals surface area contributed by atoms with Crippen LogP contribution in [0.5, 0.6) is 0 Å². The number of para-hydroxylation sites is 1. The molecule has 0 N–H and O–H groups in total. The molecule has 2 aliphatic carbocycles. The number of nitrogens with zero attached hydrogens (tertiary/aromatic N) is 1. The van der Waals surface area contributed by atoms with E-state index in [1.807, 2.05) is 0 Å². The van der Waals surface area contributed by atoms with E-state index in [1.54, 1.807) is 0 Å². The van der Waals surface area contributed by atoms with E-state index in [1.165, 1.54) is 61.6 Å². The lowest BCUT2D eigenvalue weighted by Crippen LogP contribution is -2.41. The molecule has 4 aromatic carbocycles. The Bertz CT molecular complexity index is 1560. The number of hydrogen-bond acceptors (Lipinski definition) is 0. The van der Waals surface area contributed by atoms with Gasteiger partial charge >= 0.3 is 7.25 Å². The van der Waals surface area contributed by atoms with Gasteiger partial charge in [0.2, 0.25) is 17.1 Å². The summed E-state index contributed by atoms with van der Waals surface area (Å²) in [5.74, 6) is 0. The molecule has 7 rings (SSSR count). The summed E-state index contributed by atoms with van der Waals surface area (Å²) in [6.07, 6.45) is 4.32. The van der Waals surface area contributed by atoms with Crippen molar-refractivity contribution in [3.8, 4) is 39.3 Å². The summed E-state index contributed by atoms with van der Waals surface area (Å²) in [4.78, 5) is 0. The van der Waals surface area contributed by atoms with Crippen molar-refractivity contribution in [2.75, 3.05) is 0 Å². The minimum atomic E-state index is -6.00. The van der Waals surface area contributed by atoms with Gasteiger partial charge in [0, 0.05) is 28.8 Å². The highest BCUT2D eigenvalue weighted by atomic mass is 19.5. The summed E-state index contributed by atoms with van der Waals surface area (Å²) >= 11 is 0. The van der Waals surface area contributed by atoms with Gasteiger partial charge in [-0.25, -0.2) is 0 Å². The van der Waals surface area contributed by atoms with Crippen LogP contribution in [0.3, 0.4) is 0 Å². The van der Waals surface area contributed by atoms with Gasteiger partial charge < -0.3 is 17.3 Å². The fraction of sp³-hybridized carbons (Fsp3) is 0.121. The number of benzene rings is 4. The van der Waals surface area contributed by atoms with Crippen molar-refractivity contribution < 1.29 is 21.8 Å². The molecule has 1 aromatic heterocycles. The third-order valence-electron chi connectivity index (χ3n) is 7.53. The van der Waals surface area contributed by atoms with Crippen molar-refractivity contribution in [2.24, 2.45) is 0 Å². The quantitative estimate of drug-likeness (QED) is 0.124. The van der Waals surface area contributed by atoms with Crippen molar-refractivity contribution in [1.82, 2.24) is 0 Å². The molecule has 0 bridgehead atoms. The fourth-order valence-corrected chi connectivity index (χ4v) is 6.10. The van der Waals surface area contributed by atoms with Crippen molar-refractivity contribution in [2.45, 2.75) is 25.7 Å². The summed E-state index contributed by atoms with van der Waals surface area (Å²) in [5, 5.41) is 0. The van der Waals surface area contributed by atoms with Crippen LogP contribution in [0.25, 0.3) is 39.3 Å². The molecule has 0 unspecified atom stereocenters. The van der Waals surface area contributed by atoms with Crippen LogP contribution in [0.2, 0.25) is 0 Å². The van der Waals surface area contributed by atoms with Gasteiger partial charge in [-0.2, -0.15) is 4.57 Å². The van der Waals surface area contributed by atoms with E-state index in [0.29, 0.717) is 0 Å². The van der Waals surface area contributed by atoms with Gasteiger partial charge in [-0.15, -0.1) is 0 Å². The average Bonchev–Trinajstić information content (AvgIpc) is 2.95. The molecule has 0 spiro atoms. The maximum Gasteiger partial charge on any atom is 0.673 e. The molecule has 0 aliphatic heterocycles. The molecule has 0 fully saturated rings. The predicted molar refractivity (Wildman–Crippen MR) is 149 cm³/mol. The van der Waals surface area contributed by atoms with Crippen LogP contribution in [0.4, 0.5) is 17.3 Å². The second-order valence-corrected chi connectivity index (χ2v) is 9.88. The number of fused-ring (bicyclic) bond motifs is 6. The van der Waals surface area contributed by atoms with Crippen LogP contribution in [-0.4, -0.2) is 7.25 Å². The van der Waals surface area contributed by atoms with E-state index in [9.17, 15) is 17.3 Å². The molecule has 0 saturated heterocycles. The van der Waals surface area contributed by atoms with Gasteiger partial charge in [0.05, 0.1) is 11.1 Å². The maximum absolute atomic E-state index is 9.75. The van der Waals surface area contributed by atoms with E-state index >= 15 is 0 Å². The monoisotopic (exact) mass is 523 g/mol. The predicted octanol–water partition coefficient (Wildman–Crippen LogP) is 8.46. The summed E-state index contributed by atoms with van der Waals surface area (Å²) in [6.45, 7) is 0. The first-order valence-electron chi connectivity index (χ1n) is 13.2. The summed E-state index contributed by atoms with van der Waals surface area (Å²) in [6, 6.07) is 40.1. The highest BCUT2D eigenvalue weighted by Crippen LogP contribution is 2.45. The van der Waals surface area contributed by atoms with Gasteiger partial charge in [-0.3, -0.25) is 0 Å². The smallest absolute Gasteiger partial charge is 0.418 e. The topological polar surface area (TPSA) is 3.88 Å². The molecule has 6 heteroatoms. The molecule has 5 aromatic rings. The van der Waals surface area contributed by atoms with Crippen molar-refractivity contribution in [3.05, 3.63) is 131 Å². The SMILES string of the molecule is F[B-](F)(F)F.c1ccc(-c2c3c([n+](-c4ccccc4)c4c2CCc2ccccc2-4)-c2ccccc2CC3)cc1. The normalized spacial score (nSPS) is 13.2. The lowest BCUT2D eigenvalue weighted by Gasteiger charge is -2.28. The Morgan fingerprint density at radius 1 is 0.487 bits per heavy atom. The van der Waals surface area contributed by atoms with Gasteiger partial charge in [0.15, 0.2) is 0 Å². The number of hydrogen-bond donors (Lipinski definition) is 0. The molecule has 0 atom stereocenters. The molecule has 39 heavy (non-hydrogen) atoms. The molecule has 0 radical (unpaired) electrons. The first-order chi connectivity index (χ1) is 18.9. The molecule has 194 valence electrons. The van der Waals surface area contributed by atoms with Crippen LogP contribution in [0, 0.1) is 0 Å². The Morgan fingerprint density at radius 3 is 1.38 bits per heavy atom. The zero-order valence-corrected chi connectivity index (χ0v) is 21.3. The number of aromatic nitrogens is 1. The minimum Gasteiger partial charge on any atom is -0.418 e. The largest absolute Gasteiger partial charge is 0.673 e. The summed E-state index contributed by atoms with van der Waals surface area (Å²) in [7, 11) is -6.00. The summed E-state index contributed by atoms with van der Waals surface area (Å²) < 4.78 is 41.6. The Hall–Kier alpha value is -4.19. The highest BCUT2D eigenvalue weighted by Gasteiger charge is 2.38. The van der Waals surface area contributed by atoms with Crippen molar-refractivity contribution >= 4 is 7.25 Å². The molecule has 0 amide bonds. The van der Waals surface area contributed by atoms with Crippen LogP contribution in [0.15, 0.2) is 109 Å². The second-order valence-electron chi connectivity index (χ2n) is 9.88. The molecule has 1 heterocycles. The molecule has 2 aliphatic rings. The lowest BCUT2D eigenvalue weighted by atomic mass is 9.77. The van der Waals surface area contributed by atoms with Gasteiger partial charge in [0.1, 0.15) is 0 Å². The van der Waals surface area contributed by atoms with E-state index in [-0.39, 0.29) is 0 Å². The van der Waals surface area contributed by atoms with E-state index in [0.717, 1.165) is 25.7 Å². The van der Waals surface area contributed by atoms with E-state index in [2.05, 4.69) is 114 Å². The zero-order valence-electron chi connectivity index (χ0n) is 21.3. The standard InChI is InChI=1S/C33H26N.BF4/c1-3-13-25(14-4-1)31-29-21-19-23-11-7-9-17-27(23)32(29)34(26-15-5-2-6-16-26)33-28-18-10-8-12-24(28)20-22-30(31)33;2-1(3,4)5/h1-18H,19-22H2;/q+1;-1. The Labute approximate surface area is 225 Å². The molecular formula is C33H26BF4N. The van der Waals surface area contributed by atoms with Crippen molar-refractivity contribution in [3.63, 3.8) is 0 Å². The van der Waals surface area contributed by atoms with Gasteiger partial charge in [0.25, 0.3) is 0 Å². The van der Waals surface area contributed by atoms with E-state index in [4.69, 9.17) is 0 Å². The summed E-state index contributed by atoms with van der Waals surface area (Å²) in [5.41, 5.74) is 15.4. The van der Waals surface area contributed by atoms with Crippen LogP contribution < -0.4 is 4.57 Å². The lowest BCUT2D eigenvalue weighted by molar-refractivity contribution is -0.573. The number of aryl methyl sites for hydroxylation is 2.